The van der Waals surface area contributed by atoms with Crippen LogP contribution in [0.25, 0.3) is 11.0 Å². The molecule has 4 heteroatoms. The summed E-state index contributed by atoms with van der Waals surface area (Å²) in [6, 6.07) is 3.78. The molecule has 0 amide bonds. The SMILES string of the molecule is CCc1cc(C=O)c2n[nH]nc2c1. The summed E-state index contributed by atoms with van der Waals surface area (Å²) in [6.45, 7) is 2.04. The van der Waals surface area contributed by atoms with Crippen LogP contribution in [0.15, 0.2) is 12.1 Å². The summed E-state index contributed by atoms with van der Waals surface area (Å²) < 4.78 is 0. The van der Waals surface area contributed by atoms with E-state index < -0.39 is 0 Å². The molecule has 1 heterocycles. The molecule has 0 spiro atoms. The number of fused-ring (bicyclic) bond motifs is 1. The number of aldehydes is 1. The number of benzene rings is 1. The zero-order valence-electron chi connectivity index (χ0n) is 7.24. The Kier molecular flexibility index (Phi) is 1.81. The van der Waals surface area contributed by atoms with Crippen LogP contribution in [0, 0.1) is 0 Å². The summed E-state index contributed by atoms with van der Waals surface area (Å²) in [7, 11) is 0. The fraction of sp³-hybridized carbons (Fsp3) is 0.222. The summed E-state index contributed by atoms with van der Waals surface area (Å²) in [5.41, 5.74) is 3.10. The van der Waals surface area contributed by atoms with Gasteiger partial charge in [0.15, 0.2) is 6.29 Å². The van der Waals surface area contributed by atoms with Crippen molar-refractivity contribution in [1.82, 2.24) is 15.4 Å². The van der Waals surface area contributed by atoms with Gasteiger partial charge in [0.1, 0.15) is 11.0 Å². The second-order valence-corrected chi connectivity index (χ2v) is 2.85. The summed E-state index contributed by atoms with van der Waals surface area (Å²) in [6.07, 6.45) is 1.70. The average Bonchev–Trinajstić information content (AvgIpc) is 2.63. The summed E-state index contributed by atoms with van der Waals surface area (Å²) in [4.78, 5) is 10.7. The number of hydrogen-bond donors (Lipinski definition) is 1. The van der Waals surface area contributed by atoms with E-state index in [-0.39, 0.29) is 0 Å². The molecule has 1 N–H and O–H groups in total. The van der Waals surface area contributed by atoms with Crippen molar-refractivity contribution >= 4 is 17.3 Å². The van der Waals surface area contributed by atoms with Crippen molar-refractivity contribution in [3.05, 3.63) is 23.3 Å². The number of aromatic amines is 1. The predicted octanol–water partition coefficient (Wildman–Crippen LogP) is 1.33. The highest BCUT2D eigenvalue weighted by Crippen LogP contribution is 2.15. The van der Waals surface area contributed by atoms with Crippen molar-refractivity contribution in [3.63, 3.8) is 0 Å². The number of H-pyrrole nitrogens is 1. The highest BCUT2D eigenvalue weighted by Gasteiger charge is 2.05. The monoisotopic (exact) mass is 175 g/mol. The molecule has 0 radical (unpaired) electrons. The molecule has 0 saturated heterocycles. The molecule has 0 unspecified atom stereocenters. The number of aryl methyl sites for hydroxylation is 1. The Balaban J connectivity index is 2.77. The molecule has 0 atom stereocenters. The van der Waals surface area contributed by atoms with Crippen molar-refractivity contribution in [2.45, 2.75) is 13.3 Å². The van der Waals surface area contributed by atoms with Crippen molar-refractivity contribution in [1.29, 1.82) is 0 Å². The predicted molar refractivity (Wildman–Crippen MR) is 48.7 cm³/mol. The number of hydrogen-bond acceptors (Lipinski definition) is 3. The normalized spacial score (nSPS) is 10.5. The molecule has 0 aliphatic rings. The molecule has 13 heavy (non-hydrogen) atoms. The maximum Gasteiger partial charge on any atom is 0.152 e. The molecule has 0 aliphatic heterocycles. The van der Waals surface area contributed by atoms with Gasteiger partial charge >= 0.3 is 0 Å². The summed E-state index contributed by atoms with van der Waals surface area (Å²) in [5, 5.41) is 10.3. The fourth-order valence-corrected chi connectivity index (χ4v) is 1.33. The molecule has 0 fully saturated rings. The molecule has 66 valence electrons. The molecule has 2 aromatic rings. The van der Waals surface area contributed by atoms with Crippen molar-refractivity contribution < 1.29 is 4.79 Å². The van der Waals surface area contributed by atoms with Crippen molar-refractivity contribution in [3.8, 4) is 0 Å². The van der Waals surface area contributed by atoms with Gasteiger partial charge in [-0.1, -0.05) is 6.92 Å². The Hall–Kier alpha value is -1.71. The van der Waals surface area contributed by atoms with Gasteiger partial charge in [0.2, 0.25) is 0 Å². The lowest BCUT2D eigenvalue weighted by Crippen LogP contribution is -1.87. The third-order valence-electron chi connectivity index (χ3n) is 2.05. The van der Waals surface area contributed by atoms with Crippen LogP contribution in [0.4, 0.5) is 0 Å². The van der Waals surface area contributed by atoms with Gasteiger partial charge in [0.05, 0.1) is 0 Å². The van der Waals surface area contributed by atoms with E-state index in [1.165, 1.54) is 0 Å². The van der Waals surface area contributed by atoms with Crippen LogP contribution in [0.1, 0.15) is 22.8 Å². The van der Waals surface area contributed by atoms with E-state index in [1.807, 2.05) is 19.1 Å². The zero-order chi connectivity index (χ0) is 9.26. The number of nitrogens with zero attached hydrogens (tertiary/aromatic N) is 2. The maximum absolute atomic E-state index is 10.7. The molecular weight excluding hydrogens is 166 g/mol. The lowest BCUT2D eigenvalue weighted by molar-refractivity contribution is 0.112. The molecular formula is C9H9N3O. The molecule has 1 aromatic carbocycles. The first-order chi connectivity index (χ1) is 6.35. The minimum atomic E-state index is 0.600. The van der Waals surface area contributed by atoms with Gasteiger partial charge in [-0.2, -0.15) is 15.4 Å². The Morgan fingerprint density at radius 2 is 2.31 bits per heavy atom. The lowest BCUT2D eigenvalue weighted by Gasteiger charge is -1.97. The van der Waals surface area contributed by atoms with Crippen molar-refractivity contribution in [2.75, 3.05) is 0 Å². The van der Waals surface area contributed by atoms with E-state index in [0.717, 1.165) is 23.8 Å². The van der Waals surface area contributed by atoms with E-state index in [0.29, 0.717) is 11.1 Å². The first-order valence-corrected chi connectivity index (χ1v) is 4.13. The molecule has 0 aliphatic carbocycles. The van der Waals surface area contributed by atoms with Gasteiger partial charge < -0.3 is 0 Å². The number of rotatable bonds is 2. The first kappa shape index (κ1) is 7.91. The Bertz CT molecular complexity index is 447. The summed E-state index contributed by atoms with van der Waals surface area (Å²) >= 11 is 0. The van der Waals surface area contributed by atoms with Crippen molar-refractivity contribution in [2.24, 2.45) is 0 Å². The number of aromatic nitrogens is 3. The van der Waals surface area contributed by atoms with Crippen LogP contribution < -0.4 is 0 Å². The van der Waals surface area contributed by atoms with Gasteiger partial charge in [0.25, 0.3) is 0 Å². The fourth-order valence-electron chi connectivity index (χ4n) is 1.33. The third kappa shape index (κ3) is 1.20. The minimum Gasteiger partial charge on any atom is -0.298 e. The Morgan fingerprint density at radius 3 is 3.00 bits per heavy atom. The highest BCUT2D eigenvalue weighted by atomic mass is 16.1. The second-order valence-electron chi connectivity index (χ2n) is 2.85. The van der Waals surface area contributed by atoms with Gasteiger partial charge in [-0.05, 0) is 24.1 Å². The van der Waals surface area contributed by atoms with E-state index in [9.17, 15) is 4.79 Å². The average molecular weight is 175 g/mol. The van der Waals surface area contributed by atoms with Crippen LogP contribution in [-0.4, -0.2) is 21.7 Å². The molecule has 2 rings (SSSR count). The minimum absolute atomic E-state index is 0.600. The molecule has 1 aromatic heterocycles. The van der Waals surface area contributed by atoms with Gasteiger partial charge in [0, 0.05) is 5.56 Å². The standard InChI is InChI=1S/C9H9N3O/c1-2-6-3-7(5-13)9-8(4-6)10-12-11-9/h3-5H,2H2,1H3,(H,10,11,12). The first-order valence-electron chi connectivity index (χ1n) is 4.13. The zero-order valence-corrected chi connectivity index (χ0v) is 7.24. The van der Waals surface area contributed by atoms with Crippen LogP contribution in [0.2, 0.25) is 0 Å². The molecule has 0 saturated carbocycles. The lowest BCUT2D eigenvalue weighted by atomic mass is 10.1. The van der Waals surface area contributed by atoms with Gasteiger partial charge in [-0.15, -0.1) is 0 Å². The Labute approximate surface area is 75.0 Å². The van der Waals surface area contributed by atoms with E-state index in [1.54, 1.807) is 0 Å². The maximum atomic E-state index is 10.7. The Morgan fingerprint density at radius 1 is 1.46 bits per heavy atom. The topological polar surface area (TPSA) is 58.6 Å². The molecule has 0 bridgehead atoms. The number of carbonyl (C=O) groups excluding carboxylic acids is 1. The van der Waals surface area contributed by atoms with E-state index in [2.05, 4.69) is 15.4 Å². The number of carbonyl (C=O) groups is 1. The largest absolute Gasteiger partial charge is 0.298 e. The van der Waals surface area contributed by atoms with Crippen LogP contribution in [-0.2, 0) is 6.42 Å². The quantitative estimate of drug-likeness (QED) is 0.700. The molecule has 4 nitrogen and oxygen atoms in total. The van der Waals surface area contributed by atoms with Gasteiger partial charge in [-0.25, -0.2) is 0 Å². The van der Waals surface area contributed by atoms with Crippen LogP contribution >= 0.6 is 0 Å². The van der Waals surface area contributed by atoms with Gasteiger partial charge in [-0.3, -0.25) is 4.79 Å². The smallest absolute Gasteiger partial charge is 0.152 e. The van der Waals surface area contributed by atoms with E-state index >= 15 is 0 Å². The summed E-state index contributed by atoms with van der Waals surface area (Å²) in [5.74, 6) is 0. The number of nitrogens with one attached hydrogen (secondary N) is 1. The highest BCUT2D eigenvalue weighted by molar-refractivity contribution is 5.94. The van der Waals surface area contributed by atoms with Crippen LogP contribution in [0.3, 0.4) is 0 Å². The second kappa shape index (κ2) is 2.97. The van der Waals surface area contributed by atoms with Crippen LogP contribution in [0.5, 0.6) is 0 Å². The van der Waals surface area contributed by atoms with E-state index in [4.69, 9.17) is 0 Å². The third-order valence-corrected chi connectivity index (χ3v) is 2.05.